The number of aryl methyl sites for hydroxylation is 1. The molecule has 176 valence electrons. The zero-order valence-corrected chi connectivity index (χ0v) is 20.2. The molecule has 0 unspecified atom stereocenters. The summed E-state index contributed by atoms with van der Waals surface area (Å²) in [6.07, 6.45) is 3.40. The first kappa shape index (κ1) is 24.0. The third-order valence-corrected chi connectivity index (χ3v) is 5.62. The van der Waals surface area contributed by atoms with E-state index >= 15 is 0 Å². The van der Waals surface area contributed by atoms with Gasteiger partial charge in [0.05, 0.1) is 16.5 Å². The Morgan fingerprint density at radius 1 is 1.09 bits per heavy atom. The van der Waals surface area contributed by atoms with E-state index in [2.05, 4.69) is 9.88 Å². The molecule has 1 N–H and O–H groups in total. The fourth-order valence-corrected chi connectivity index (χ4v) is 4.04. The second-order valence-electron chi connectivity index (χ2n) is 8.50. The van der Waals surface area contributed by atoms with E-state index in [4.69, 9.17) is 25.9 Å². The van der Waals surface area contributed by atoms with Crippen molar-refractivity contribution in [2.24, 2.45) is 0 Å². The van der Waals surface area contributed by atoms with Crippen molar-refractivity contribution in [3.8, 4) is 16.9 Å². The van der Waals surface area contributed by atoms with Crippen LogP contribution in [-0.4, -0.2) is 27.8 Å². The summed E-state index contributed by atoms with van der Waals surface area (Å²) in [7, 11) is 0. The van der Waals surface area contributed by atoms with E-state index < -0.39 is 0 Å². The van der Waals surface area contributed by atoms with E-state index in [0.29, 0.717) is 40.6 Å². The zero-order valence-electron chi connectivity index (χ0n) is 19.4. The molecule has 7 heteroatoms. The van der Waals surface area contributed by atoms with Gasteiger partial charge in [-0.1, -0.05) is 23.7 Å². The van der Waals surface area contributed by atoms with Crippen molar-refractivity contribution in [1.29, 1.82) is 0 Å². The van der Waals surface area contributed by atoms with Crippen LogP contribution >= 0.6 is 11.6 Å². The predicted molar refractivity (Wildman–Crippen MR) is 134 cm³/mol. The molecule has 0 amide bonds. The Balaban J connectivity index is 0.000000636. The van der Waals surface area contributed by atoms with Crippen LogP contribution in [0.25, 0.3) is 22.1 Å². The Morgan fingerprint density at radius 3 is 2.44 bits per heavy atom. The standard InChI is InChI=1S/C24H19ClN2O3.C3H8O/c1-15-22(17-2-4-18(25)5-3-17)23(28)19-6-7-21-20(24(19)30-15)13-27(14-29-21)12-16-8-10-26-11-9-16;1-3(2)4/h2-11H,12-14H2,1H3;3-4H,1-2H3. The van der Waals surface area contributed by atoms with Crippen LogP contribution in [0.2, 0.25) is 5.02 Å². The van der Waals surface area contributed by atoms with Gasteiger partial charge in [-0.3, -0.25) is 14.7 Å². The first-order valence-corrected chi connectivity index (χ1v) is 11.5. The molecule has 0 atom stereocenters. The van der Waals surface area contributed by atoms with E-state index in [9.17, 15) is 4.79 Å². The van der Waals surface area contributed by atoms with E-state index in [1.165, 1.54) is 0 Å². The number of aliphatic hydroxyl groups excluding tert-OH is 1. The summed E-state index contributed by atoms with van der Waals surface area (Å²) < 4.78 is 12.2. The minimum atomic E-state index is -0.167. The molecule has 6 nitrogen and oxygen atoms in total. The molecule has 0 spiro atoms. The van der Waals surface area contributed by atoms with E-state index in [1.807, 2.05) is 37.3 Å². The zero-order chi connectivity index (χ0) is 24.2. The van der Waals surface area contributed by atoms with Crippen molar-refractivity contribution in [2.75, 3.05) is 6.73 Å². The molecule has 0 fully saturated rings. The van der Waals surface area contributed by atoms with Crippen molar-refractivity contribution in [3.63, 3.8) is 0 Å². The maximum atomic E-state index is 13.3. The Bertz CT molecular complexity index is 1330. The van der Waals surface area contributed by atoms with E-state index in [1.54, 1.807) is 44.4 Å². The van der Waals surface area contributed by atoms with Crippen LogP contribution < -0.4 is 10.2 Å². The SMILES string of the molecule is CC(C)O.Cc1oc2c3c(ccc2c(=O)c1-c1ccc(Cl)cc1)OCN(Cc1ccncc1)C3. The van der Waals surface area contributed by atoms with Gasteiger partial charge in [0.15, 0.2) is 0 Å². The summed E-state index contributed by atoms with van der Waals surface area (Å²) in [4.78, 5) is 19.6. The highest BCUT2D eigenvalue weighted by molar-refractivity contribution is 6.30. The molecular formula is C27H27ClN2O4. The van der Waals surface area contributed by atoms with E-state index in [0.717, 1.165) is 29.0 Å². The third kappa shape index (κ3) is 5.30. The lowest BCUT2D eigenvalue weighted by Gasteiger charge is -2.29. The molecule has 2 aromatic carbocycles. The molecule has 0 saturated heterocycles. The van der Waals surface area contributed by atoms with Gasteiger partial charge in [0.1, 0.15) is 23.8 Å². The average Bonchev–Trinajstić information content (AvgIpc) is 2.80. The second kappa shape index (κ2) is 10.4. The summed E-state index contributed by atoms with van der Waals surface area (Å²) >= 11 is 6.00. The highest BCUT2D eigenvalue weighted by Crippen LogP contribution is 2.34. The summed E-state index contributed by atoms with van der Waals surface area (Å²) in [5, 5.41) is 9.24. The Hall–Kier alpha value is -3.19. The largest absolute Gasteiger partial charge is 0.478 e. The summed E-state index contributed by atoms with van der Waals surface area (Å²) in [6.45, 7) is 7.11. The molecule has 0 bridgehead atoms. The predicted octanol–water partition coefficient (Wildman–Crippen LogP) is 5.56. The minimum absolute atomic E-state index is 0.0508. The number of ether oxygens (including phenoxy) is 1. The lowest BCUT2D eigenvalue weighted by molar-refractivity contribution is 0.0889. The van der Waals surface area contributed by atoms with Gasteiger partial charge in [0.2, 0.25) is 5.43 Å². The number of aliphatic hydroxyl groups is 1. The second-order valence-corrected chi connectivity index (χ2v) is 8.93. The quantitative estimate of drug-likeness (QED) is 0.415. The maximum Gasteiger partial charge on any atom is 0.200 e. The van der Waals surface area contributed by atoms with Gasteiger partial charge in [-0.2, -0.15) is 0 Å². The Labute approximate surface area is 203 Å². The van der Waals surface area contributed by atoms with Crippen molar-refractivity contribution in [1.82, 2.24) is 9.88 Å². The average molecular weight is 479 g/mol. The molecule has 1 aliphatic heterocycles. The van der Waals surface area contributed by atoms with Crippen LogP contribution in [0.1, 0.15) is 30.7 Å². The number of rotatable bonds is 3. The smallest absolute Gasteiger partial charge is 0.200 e. The minimum Gasteiger partial charge on any atom is -0.478 e. The Kier molecular flexibility index (Phi) is 7.32. The lowest BCUT2D eigenvalue weighted by atomic mass is 10.0. The first-order valence-electron chi connectivity index (χ1n) is 11.1. The molecule has 0 radical (unpaired) electrons. The highest BCUT2D eigenvalue weighted by Gasteiger charge is 2.24. The lowest BCUT2D eigenvalue weighted by Crippen LogP contribution is -2.31. The number of hydrogen-bond acceptors (Lipinski definition) is 6. The highest BCUT2D eigenvalue weighted by atomic mass is 35.5. The summed E-state index contributed by atoms with van der Waals surface area (Å²) in [5.41, 5.74) is 3.94. The molecular weight excluding hydrogens is 452 g/mol. The van der Waals surface area contributed by atoms with Gasteiger partial charge in [-0.15, -0.1) is 0 Å². The van der Waals surface area contributed by atoms with E-state index in [-0.39, 0.29) is 11.5 Å². The molecule has 4 aromatic rings. The van der Waals surface area contributed by atoms with Crippen molar-refractivity contribution in [3.05, 3.63) is 93.1 Å². The molecule has 34 heavy (non-hydrogen) atoms. The maximum absolute atomic E-state index is 13.3. The van der Waals surface area contributed by atoms with Gasteiger partial charge in [-0.05, 0) is 68.3 Å². The number of pyridine rings is 1. The normalized spacial score (nSPS) is 13.2. The van der Waals surface area contributed by atoms with Gasteiger partial charge in [-0.25, -0.2) is 0 Å². The van der Waals surface area contributed by atoms with Crippen molar-refractivity contribution >= 4 is 22.6 Å². The van der Waals surface area contributed by atoms with Crippen LogP contribution in [0.15, 0.2) is 70.1 Å². The molecule has 0 aliphatic carbocycles. The van der Waals surface area contributed by atoms with Gasteiger partial charge in [0, 0.05) is 36.6 Å². The van der Waals surface area contributed by atoms with Gasteiger partial charge in [0.25, 0.3) is 0 Å². The van der Waals surface area contributed by atoms with Crippen LogP contribution in [-0.2, 0) is 13.1 Å². The summed E-state index contributed by atoms with van der Waals surface area (Å²) in [6, 6.07) is 14.9. The summed E-state index contributed by atoms with van der Waals surface area (Å²) in [5.74, 6) is 1.34. The van der Waals surface area contributed by atoms with Crippen LogP contribution in [0, 0.1) is 6.92 Å². The number of nitrogens with zero attached hydrogens (tertiary/aromatic N) is 2. The number of halogens is 1. The molecule has 5 rings (SSSR count). The third-order valence-electron chi connectivity index (χ3n) is 5.37. The fraction of sp³-hybridized carbons (Fsp3) is 0.259. The topological polar surface area (TPSA) is 75.8 Å². The first-order chi connectivity index (χ1) is 16.3. The van der Waals surface area contributed by atoms with Gasteiger partial charge < -0.3 is 14.3 Å². The Morgan fingerprint density at radius 2 is 1.76 bits per heavy atom. The van der Waals surface area contributed by atoms with Crippen LogP contribution in [0.4, 0.5) is 0 Å². The number of fused-ring (bicyclic) bond motifs is 3. The molecule has 1 aliphatic rings. The van der Waals surface area contributed by atoms with Crippen LogP contribution in [0.3, 0.4) is 0 Å². The van der Waals surface area contributed by atoms with Crippen molar-refractivity contribution in [2.45, 2.75) is 40.0 Å². The monoisotopic (exact) mass is 478 g/mol. The number of aromatic nitrogens is 1. The number of hydrogen-bond donors (Lipinski definition) is 1. The molecule has 2 aromatic heterocycles. The molecule has 0 saturated carbocycles. The van der Waals surface area contributed by atoms with Crippen molar-refractivity contribution < 1.29 is 14.3 Å². The van der Waals surface area contributed by atoms with Gasteiger partial charge >= 0.3 is 0 Å². The number of benzene rings is 2. The van der Waals surface area contributed by atoms with Crippen LogP contribution in [0.5, 0.6) is 5.75 Å². The molecule has 3 heterocycles. The fourth-order valence-electron chi connectivity index (χ4n) is 3.92.